The number of carbonyl (C=O) groups is 1. The molecule has 0 heterocycles. The van der Waals surface area contributed by atoms with Crippen LogP contribution < -0.4 is 0 Å². The van der Waals surface area contributed by atoms with E-state index >= 15 is 0 Å². The number of hydrogen-bond acceptors (Lipinski definition) is 6. The maximum absolute atomic E-state index is 13.6. The lowest BCUT2D eigenvalue weighted by molar-refractivity contribution is -0.143. The largest absolute Gasteiger partial charge is 0.547 e. The van der Waals surface area contributed by atoms with Gasteiger partial charge in [0, 0.05) is 38.6 Å². The molecule has 0 radical (unpaired) electrons. The number of allylic oxidation sites excluding steroid dienone is 2. The van der Waals surface area contributed by atoms with E-state index in [0.29, 0.717) is 31.6 Å². The quantitative estimate of drug-likeness (QED) is 0.367. The number of aliphatic hydroxyl groups is 1. The fourth-order valence-corrected chi connectivity index (χ4v) is 7.51. The first kappa shape index (κ1) is 29.0. The Hall–Kier alpha value is -1.59. The molecule has 1 saturated carbocycles. The van der Waals surface area contributed by atoms with Crippen molar-refractivity contribution >= 4 is 14.1 Å². The molecule has 3 aliphatic rings. The van der Waals surface area contributed by atoms with Crippen LogP contribution in [-0.4, -0.2) is 58.3 Å². The summed E-state index contributed by atoms with van der Waals surface area (Å²) in [5.41, 5.74) is -0.648. The van der Waals surface area contributed by atoms with Gasteiger partial charge in [0.05, 0.1) is 18.5 Å². The standard InChI is InChI=1S/C29H46O6Si/c1-11-34-15-13-29(31)19(2)16-23(30)22-18-25(35-36(9,10)27(3,4)5)21-17-24(33-8)20(12-14-32-7)26(21)28(22,29)6/h16,20,22,24,26,31H,11-12,14,17-18H2,1-10H3/t20-,22+,24-,26+,28-,29-/m0/s1. The summed E-state index contributed by atoms with van der Waals surface area (Å²) < 4.78 is 23.8. The summed E-state index contributed by atoms with van der Waals surface area (Å²) in [5, 5.41) is 12.4. The van der Waals surface area contributed by atoms with Gasteiger partial charge in [-0.05, 0) is 79.8 Å². The van der Waals surface area contributed by atoms with Crippen molar-refractivity contribution in [1.29, 1.82) is 0 Å². The number of rotatable bonds is 7. The average Bonchev–Trinajstić information content (AvgIpc) is 3.17. The highest BCUT2D eigenvalue weighted by Crippen LogP contribution is 2.65. The summed E-state index contributed by atoms with van der Waals surface area (Å²) in [6.07, 6.45) is 6.19. The lowest BCUT2D eigenvalue weighted by atomic mass is 9.47. The predicted octanol–water partition coefficient (Wildman–Crippen LogP) is 5.23. The highest BCUT2D eigenvalue weighted by Gasteiger charge is 2.67. The van der Waals surface area contributed by atoms with E-state index in [1.165, 1.54) is 5.57 Å². The van der Waals surface area contributed by atoms with Gasteiger partial charge in [-0.25, -0.2) is 0 Å². The molecule has 36 heavy (non-hydrogen) atoms. The Balaban J connectivity index is 2.27. The van der Waals surface area contributed by atoms with E-state index in [2.05, 4.69) is 45.9 Å². The van der Waals surface area contributed by atoms with Crippen molar-refractivity contribution in [2.24, 2.45) is 23.2 Å². The zero-order valence-electron chi connectivity index (χ0n) is 23.9. The van der Waals surface area contributed by atoms with Crippen LogP contribution in [0.4, 0.5) is 0 Å². The molecule has 0 amide bonds. The van der Waals surface area contributed by atoms with Crippen molar-refractivity contribution < 1.29 is 28.5 Å². The molecule has 1 N–H and O–H groups in total. The molecule has 3 aliphatic carbocycles. The van der Waals surface area contributed by atoms with Crippen molar-refractivity contribution in [2.75, 3.05) is 27.4 Å². The van der Waals surface area contributed by atoms with Gasteiger partial charge < -0.3 is 23.7 Å². The van der Waals surface area contributed by atoms with Gasteiger partial charge in [0.1, 0.15) is 6.11 Å². The monoisotopic (exact) mass is 518 g/mol. The van der Waals surface area contributed by atoms with E-state index in [1.54, 1.807) is 27.2 Å². The second kappa shape index (κ2) is 10.3. The van der Waals surface area contributed by atoms with Crippen LogP contribution in [0.25, 0.3) is 0 Å². The van der Waals surface area contributed by atoms with Crippen molar-refractivity contribution in [2.45, 2.75) is 90.6 Å². The average molecular weight is 519 g/mol. The van der Waals surface area contributed by atoms with Crippen molar-refractivity contribution in [1.82, 2.24) is 0 Å². The fourth-order valence-electron chi connectivity index (χ4n) is 6.37. The maximum Gasteiger partial charge on any atom is 0.250 e. The highest BCUT2D eigenvalue weighted by molar-refractivity contribution is 6.74. The van der Waals surface area contributed by atoms with Crippen LogP contribution in [0.3, 0.4) is 0 Å². The van der Waals surface area contributed by atoms with Gasteiger partial charge in [-0.15, -0.1) is 0 Å². The van der Waals surface area contributed by atoms with Gasteiger partial charge in [-0.3, -0.25) is 4.79 Å². The molecule has 1 fully saturated rings. The molecule has 6 atom stereocenters. The van der Waals surface area contributed by atoms with E-state index in [4.69, 9.17) is 18.6 Å². The van der Waals surface area contributed by atoms with Crippen molar-refractivity contribution in [3.8, 4) is 12.0 Å². The Morgan fingerprint density at radius 3 is 2.44 bits per heavy atom. The minimum atomic E-state index is -2.17. The first-order valence-electron chi connectivity index (χ1n) is 13.2. The molecule has 0 aromatic carbocycles. The summed E-state index contributed by atoms with van der Waals surface area (Å²) >= 11 is 0. The van der Waals surface area contributed by atoms with Crippen LogP contribution in [0.2, 0.25) is 18.1 Å². The SMILES string of the molecule is CCOC#C[C@]1(O)C(C)=CC(=O)[C@H]2CC(O[Si](C)(C)C(C)(C)C)=C3C[C@H](OC)[C@H](CCOC)[C@H]3[C@]21C. The van der Waals surface area contributed by atoms with Crippen LogP contribution in [-0.2, 0) is 23.4 Å². The first-order valence-corrected chi connectivity index (χ1v) is 16.1. The van der Waals surface area contributed by atoms with Crippen LogP contribution in [0.5, 0.6) is 0 Å². The van der Waals surface area contributed by atoms with Gasteiger partial charge in [-0.2, -0.15) is 0 Å². The Bertz CT molecular complexity index is 980. The molecule has 7 heteroatoms. The lowest BCUT2D eigenvalue weighted by Crippen LogP contribution is -2.62. The molecule has 202 valence electrons. The molecule has 0 unspecified atom stereocenters. The molecule has 3 rings (SSSR count). The number of ether oxygens (including phenoxy) is 3. The van der Waals surface area contributed by atoms with Gasteiger partial charge >= 0.3 is 0 Å². The van der Waals surface area contributed by atoms with Crippen molar-refractivity contribution in [3.05, 3.63) is 23.0 Å². The topological polar surface area (TPSA) is 74.2 Å². The first-order chi connectivity index (χ1) is 16.7. The number of methoxy groups -OCH3 is 2. The molecule has 0 spiro atoms. The zero-order valence-corrected chi connectivity index (χ0v) is 24.9. The van der Waals surface area contributed by atoms with Crippen molar-refractivity contribution in [3.63, 3.8) is 0 Å². The van der Waals surface area contributed by atoms with Crippen LogP contribution in [0.1, 0.15) is 60.8 Å². The third-order valence-electron chi connectivity index (χ3n) is 9.46. The fraction of sp³-hybridized carbons (Fsp3) is 0.759. The summed E-state index contributed by atoms with van der Waals surface area (Å²) in [7, 11) is 1.27. The van der Waals surface area contributed by atoms with E-state index in [-0.39, 0.29) is 28.8 Å². The Morgan fingerprint density at radius 1 is 1.22 bits per heavy atom. The molecule has 0 aliphatic heterocycles. The third kappa shape index (κ3) is 4.59. The number of carbonyl (C=O) groups excluding carboxylic acids is 1. The Kier molecular flexibility index (Phi) is 8.28. The molecule has 0 bridgehead atoms. The summed E-state index contributed by atoms with van der Waals surface area (Å²) in [5.74, 6) is 3.45. The zero-order chi connectivity index (χ0) is 27.1. The predicted molar refractivity (Wildman–Crippen MR) is 144 cm³/mol. The smallest absolute Gasteiger partial charge is 0.250 e. The Labute approximate surface area is 218 Å². The lowest BCUT2D eigenvalue weighted by Gasteiger charge is -2.57. The number of ketones is 1. The minimum absolute atomic E-state index is 0.0162. The van der Waals surface area contributed by atoms with Crippen LogP contribution in [0.15, 0.2) is 23.0 Å². The number of hydrogen-bond donors (Lipinski definition) is 1. The number of fused-ring (bicyclic) bond motifs is 3. The summed E-state index contributed by atoms with van der Waals surface area (Å²) in [4.78, 5) is 13.6. The van der Waals surface area contributed by atoms with E-state index in [9.17, 15) is 9.90 Å². The molecule has 6 nitrogen and oxygen atoms in total. The van der Waals surface area contributed by atoms with E-state index in [1.807, 2.05) is 13.8 Å². The van der Waals surface area contributed by atoms with E-state index in [0.717, 1.165) is 12.2 Å². The van der Waals surface area contributed by atoms with Crippen LogP contribution in [0, 0.1) is 35.2 Å². The summed E-state index contributed by atoms with van der Waals surface area (Å²) in [6.45, 7) is 17.9. The third-order valence-corrected chi connectivity index (χ3v) is 13.8. The van der Waals surface area contributed by atoms with E-state index < -0.39 is 25.3 Å². The van der Waals surface area contributed by atoms with Gasteiger partial charge in [-0.1, -0.05) is 27.7 Å². The van der Waals surface area contributed by atoms with Gasteiger partial charge in [0.15, 0.2) is 11.4 Å². The molecule has 0 aromatic heterocycles. The highest BCUT2D eigenvalue weighted by atomic mass is 28.4. The minimum Gasteiger partial charge on any atom is -0.547 e. The molecular weight excluding hydrogens is 472 g/mol. The van der Waals surface area contributed by atoms with Gasteiger partial charge in [0.2, 0.25) is 8.32 Å². The maximum atomic E-state index is 13.6. The molecule has 0 saturated heterocycles. The Morgan fingerprint density at radius 2 is 1.89 bits per heavy atom. The second-order valence-electron chi connectivity index (χ2n) is 12.4. The van der Waals surface area contributed by atoms with Crippen LogP contribution >= 0.6 is 0 Å². The second-order valence-corrected chi connectivity index (χ2v) is 17.1. The molecule has 0 aromatic rings. The summed E-state index contributed by atoms with van der Waals surface area (Å²) in [6, 6.07) is 0. The van der Waals surface area contributed by atoms with Gasteiger partial charge in [0.25, 0.3) is 0 Å². The molecular formula is C29H46O6Si. The normalized spacial score (nSPS) is 34.4.